The number of halogens is 57. The second kappa shape index (κ2) is 19.3. The van der Waals surface area contributed by atoms with Crippen molar-refractivity contribution in [1.29, 1.82) is 0 Å². The van der Waals surface area contributed by atoms with Gasteiger partial charge in [-0.3, -0.25) is 0 Å². The van der Waals surface area contributed by atoms with Crippen molar-refractivity contribution in [2.24, 2.45) is 0 Å². The highest BCUT2D eigenvalue weighted by Crippen LogP contribution is 2.74. The summed E-state index contributed by atoms with van der Waals surface area (Å²) in [6.07, 6.45) is -26.1. The average molecular weight is 1420 g/mol. The fourth-order valence-electron chi connectivity index (χ4n) is 5.23. The van der Waals surface area contributed by atoms with Crippen molar-refractivity contribution in [3.8, 4) is 0 Å². The molecule has 0 aromatic rings. The summed E-state index contributed by atoms with van der Waals surface area (Å²) in [6.45, 7) is 0. The highest BCUT2D eigenvalue weighted by atomic mass is 19.5. The van der Waals surface area contributed by atoms with Crippen LogP contribution >= 0.6 is 0 Å². The SMILES string of the molecule is FC(F)C(F)(C(F)(F)C(F)(F)C(F)(F)C(F)(F)C(F)(F)C(F)(F)C(F)(F)C(F)(F)C(F)(F)C(F)(F)C(F)(F)C(F)(F)F)C(F)(F)C(F)(F)C(F)(F)C(F)(F)C(F)(F)C(F)(F)C(F)(F)C(F)(F)C(F)(F)C(F)(F)C(F)(F)C(F)(F)C(F)(F)C(F)(F)F. The molecule has 0 fully saturated rings. The monoisotopic (exact) mass is 1420 g/mol. The molecule has 0 bridgehead atoms. The lowest BCUT2D eigenvalue weighted by atomic mass is 9.76. The van der Waals surface area contributed by atoms with E-state index in [9.17, 15) is 250 Å². The van der Waals surface area contributed by atoms with E-state index in [4.69, 9.17) is 0 Å². The molecule has 0 heterocycles. The van der Waals surface area contributed by atoms with E-state index in [0.717, 1.165) is 0 Å². The first-order chi connectivity index (χ1) is 35.4. The fourth-order valence-corrected chi connectivity index (χ4v) is 5.23. The second-order valence-corrected chi connectivity index (χ2v) is 15.8. The van der Waals surface area contributed by atoms with Gasteiger partial charge in [0.15, 0.2) is 0 Å². The van der Waals surface area contributed by atoms with Gasteiger partial charge in [-0.1, -0.05) is 0 Å². The number of hydrogen-bond donors (Lipinski definition) is 0. The van der Waals surface area contributed by atoms with E-state index in [2.05, 4.69) is 0 Å². The molecule has 0 spiro atoms. The summed E-state index contributed by atoms with van der Waals surface area (Å²) in [4.78, 5) is 0. The van der Waals surface area contributed by atoms with Crippen LogP contribution in [0.5, 0.6) is 0 Å². The lowest BCUT2D eigenvalue weighted by molar-refractivity contribution is -0.496. The van der Waals surface area contributed by atoms with Gasteiger partial charge in [0, 0.05) is 0 Å². The van der Waals surface area contributed by atoms with E-state index in [1.807, 2.05) is 0 Å². The molecular weight excluding hydrogens is 1420 g/mol. The zero-order chi connectivity index (χ0) is 71.1. The third-order valence-corrected chi connectivity index (χ3v) is 10.6. The summed E-state index contributed by atoms with van der Waals surface area (Å²) in [5, 5.41) is 0. The minimum absolute atomic E-state index is 8.66. The van der Waals surface area contributed by atoms with Gasteiger partial charge >= 0.3 is 160 Å². The molecule has 0 aromatic carbocycles. The normalized spacial score (nSPS) is 18.1. The summed E-state index contributed by atoms with van der Waals surface area (Å²) in [6, 6.07) is 0. The molecule has 1 unspecified atom stereocenters. The molecule has 0 amide bonds. The van der Waals surface area contributed by atoms with Gasteiger partial charge in [0.25, 0.3) is 6.43 Å². The first-order valence-electron chi connectivity index (χ1n) is 17.6. The molecule has 57 heteroatoms. The Kier molecular flexibility index (Phi) is 18.4. The molecule has 0 aliphatic heterocycles. The molecule has 0 aromatic heterocycles. The van der Waals surface area contributed by atoms with Crippen LogP contribution in [0, 0.1) is 0 Å². The van der Waals surface area contributed by atoms with Gasteiger partial charge in [-0.15, -0.1) is 0 Å². The third-order valence-electron chi connectivity index (χ3n) is 10.6. The van der Waals surface area contributed by atoms with Gasteiger partial charge in [-0.05, 0) is 0 Å². The van der Waals surface area contributed by atoms with Crippen molar-refractivity contribution in [2.75, 3.05) is 0 Å². The van der Waals surface area contributed by atoms with Crippen LogP contribution < -0.4 is 0 Å². The van der Waals surface area contributed by atoms with Crippen LogP contribution in [0.15, 0.2) is 0 Å². The Hall–Kier alpha value is -3.99. The molecule has 0 saturated carbocycles. The van der Waals surface area contributed by atoms with Crippen molar-refractivity contribution in [1.82, 2.24) is 0 Å². The largest absolute Gasteiger partial charge is 0.460 e. The predicted octanol–water partition coefficient (Wildman–Crippen LogP) is 18.3. The zero-order valence-electron chi connectivity index (χ0n) is 35.6. The maximum absolute atomic E-state index is 14.9. The lowest BCUT2D eigenvalue weighted by Crippen LogP contribution is -2.83. The average Bonchev–Trinajstić information content (AvgIpc) is 3.25. The zero-order valence-corrected chi connectivity index (χ0v) is 35.6. The Morgan fingerprint density at radius 2 is 0.176 bits per heavy atom. The first-order valence-corrected chi connectivity index (χ1v) is 17.6. The summed E-state index contributed by atoms with van der Waals surface area (Å²) >= 11 is 0. The van der Waals surface area contributed by atoms with Crippen molar-refractivity contribution in [3.63, 3.8) is 0 Å². The molecule has 0 N–H and O–H groups in total. The van der Waals surface area contributed by atoms with Gasteiger partial charge in [0.1, 0.15) is 0 Å². The maximum atomic E-state index is 14.9. The predicted molar refractivity (Wildman–Crippen MR) is 141 cm³/mol. The molecular formula is C28HF57. The smallest absolute Gasteiger partial charge is 0.223 e. The van der Waals surface area contributed by atoms with Crippen molar-refractivity contribution < 1.29 is 250 Å². The number of rotatable bonds is 25. The molecule has 512 valence electrons. The summed E-state index contributed by atoms with van der Waals surface area (Å²) in [7, 11) is 0. The van der Waals surface area contributed by atoms with E-state index in [1.165, 1.54) is 0 Å². The molecule has 85 heavy (non-hydrogen) atoms. The Morgan fingerprint density at radius 3 is 0.247 bits per heavy atom. The van der Waals surface area contributed by atoms with Gasteiger partial charge in [0.05, 0.1) is 0 Å². The van der Waals surface area contributed by atoms with Crippen LogP contribution in [0.1, 0.15) is 0 Å². The Morgan fingerprint density at radius 1 is 0.106 bits per heavy atom. The molecule has 0 rings (SSSR count). The quantitative estimate of drug-likeness (QED) is 0.0799. The molecule has 0 aliphatic carbocycles. The van der Waals surface area contributed by atoms with Gasteiger partial charge in [-0.2, -0.15) is 237 Å². The Bertz CT molecular complexity index is 2390. The second-order valence-electron chi connectivity index (χ2n) is 15.8. The fraction of sp³-hybridized carbons (Fsp3) is 1.00. The maximum Gasteiger partial charge on any atom is 0.460 e. The van der Waals surface area contributed by atoms with E-state index < -0.39 is 167 Å². The first kappa shape index (κ1) is 81.0. The molecule has 0 nitrogen and oxygen atoms in total. The molecule has 1 atom stereocenters. The standard InChI is InChI=1S/C28HF57/c29-1(30)2(31,4(34,35)6(38,39)8(42,43)10(46,47)12(50,51)14(54,55)17(60,61)19(64,65)21(68,69)23(72,73)25(76,77)27(80,81)82)3(32,33)5(36,37)7(40,41)9(44,45)11(48,49)13(52,53)15(56,57)16(58,59)18(62,63)20(66,67)22(70,71)24(74,75)26(78,79)28(83,84)85/h1H. The van der Waals surface area contributed by atoms with E-state index in [1.54, 1.807) is 0 Å². The van der Waals surface area contributed by atoms with Gasteiger partial charge < -0.3 is 0 Å². The number of hydrogen-bond acceptors (Lipinski definition) is 0. The summed E-state index contributed by atoms with van der Waals surface area (Å²) < 4.78 is 783. The van der Waals surface area contributed by atoms with Crippen LogP contribution in [0.3, 0.4) is 0 Å². The molecule has 0 saturated heterocycles. The Labute approximate surface area is 418 Å². The van der Waals surface area contributed by atoms with Crippen molar-refractivity contribution in [2.45, 2.75) is 167 Å². The van der Waals surface area contributed by atoms with Gasteiger partial charge in [0.2, 0.25) is 0 Å². The third kappa shape index (κ3) is 8.74. The number of alkyl halides is 57. The van der Waals surface area contributed by atoms with Crippen LogP contribution in [-0.2, 0) is 0 Å². The van der Waals surface area contributed by atoms with E-state index in [0.29, 0.717) is 0 Å². The Balaban J connectivity index is 8.56. The minimum atomic E-state index is -11.2. The van der Waals surface area contributed by atoms with E-state index >= 15 is 0 Å². The molecule has 0 aliphatic rings. The van der Waals surface area contributed by atoms with Crippen LogP contribution in [-0.4, -0.2) is 167 Å². The topological polar surface area (TPSA) is 0 Å². The highest BCUT2D eigenvalue weighted by molar-refractivity contribution is 5.27. The molecule has 0 radical (unpaired) electrons. The summed E-state index contributed by atoms with van der Waals surface area (Å²) in [5.74, 6) is -255. The highest BCUT2D eigenvalue weighted by Gasteiger charge is 3.05. The minimum Gasteiger partial charge on any atom is -0.223 e. The van der Waals surface area contributed by atoms with Gasteiger partial charge in [-0.25, -0.2) is 13.2 Å². The van der Waals surface area contributed by atoms with Crippen LogP contribution in [0.25, 0.3) is 0 Å². The van der Waals surface area contributed by atoms with Crippen LogP contribution in [0.4, 0.5) is 250 Å². The van der Waals surface area contributed by atoms with Crippen molar-refractivity contribution in [3.05, 3.63) is 0 Å². The van der Waals surface area contributed by atoms with Crippen molar-refractivity contribution >= 4 is 0 Å². The van der Waals surface area contributed by atoms with Crippen LogP contribution in [0.2, 0.25) is 0 Å². The van der Waals surface area contributed by atoms with E-state index in [-0.39, 0.29) is 0 Å². The summed E-state index contributed by atoms with van der Waals surface area (Å²) in [5.41, 5.74) is -10.9. The lowest BCUT2D eigenvalue weighted by Gasteiger charge is -2.49.